The summed E-state index contributed by atoms with van der Waals surface area (Å²) in [6, 6.07) is 4.74. The monoisotopic (exact) mass is 245 g/mol. The fraction of sp³-hybridized carbons (Fsp3) is 0.300. The first kappa shape index (κ1) is 10.7. The summed E-state index contributed by atoms with van der Waals surface area (Å²) in [6.45, 7) is 4.36. The zero-order chi connectivity index (χ0) is 9.84. The van der Waals surface area contributed by atoms with Crippen LogP contribution < -0.4 is 0 Å². The van der Waals surface area contributed by atoms with Crippen LogP contribution in [0.15, 0.2) is 22.7 Å². The molecule has 0 aliphatic heterocycles. The van der Waals surface area contributed by atoms with Gasteiger partial charge in [0.05, 0.1) is 6.61 Å². The van der Waals surface area contributed by atoms with Crippen LogP contribution in [0.25, 0.3) is 0 Å². The zero-order valence-electron chi connectivity index (χ0n) is 7.39. The van der Waals surface area contributed by atoms with Crippen LogP contribution in [-0.4, -0.2) is 13.7 Å². The van der Waals surface area contributed by atoms with Gasteiger partial charge in [0.15, 0.2) is 0 Å². The molecule has 1 rings (SSSR count). The maximum atomic E-state index is 12.9. The van der Waals surface area contributed by atoms with Crippen molar-refractivity contribution in [1.82, 2.24) is 0 Å². The number of hydrogen-bond donors (Lipinski definition) is 0. The molecule has 0 saturated carbocycles. The van der Waals surface area contributed by atoms with E-state index in [0.29, 0.717) is 6.61 Å². The van der Waals surface area contributed by atoms with Gasteiger partial charge in [-0.2, -0.15) is 0 Å². The van der Waals surface area contributed by atoms with Crippen molar-refractivity contribution in [3.05, 3.63) is 41.0 Å². The molecule has 0 aliphatic rings. The molecule has 0 aliphatic carbocycles. The van der Waals surface area contributed by atoms with Gasteiger partial charge in [0.2, 0.25) is 0 Å². The molecule has 3 heteroatoms. The smallest absolute Gasteiger partial charge is 0.124 e. The number of halogens is 2. The maximum Gasteiger partial charge on any atom is 0.124 e. The second kappa shape index (κ2) is 4.72. The van der Waals surface area contributed by atoms with Crippen molar-refractivity contribution in [2.45, 2.75) is 5.92 Å². The van der Waals surface area contributed by atoms with Gasteiger partial charge in [-0.05, 0) is 30.7 Å². The molecule has 0 saturated heterocycles. The molecule has 0 N–H and O–H groups in total. The van der Waals surface area contributed by atoms with E-state index in [1.165, 1.54) is 12.1 Å². The Morgan fingerprint density at radius 1 is 1.54 bits per heavy atom. The normalized spacial score (nSPS) is 12.9. The largest absolute Gasteiger partial charge is 0.384 e. The Morgan fingerprint density at radius 2 is 2.23 bits per heavy atom. The van der Waals surface area contributed by atoms with Gasteiger partial charge in [-0.3, -0.25) is 0 Å². The molecule has 0 aromatic heterocycles. The van der Waals surface area contributed by atoms with Crippen LogP contribution in [0.1, 0.15) is 11.5 Å². The minimum Gasteiger partial charge on any atom is -0.384 e. The summed E-state index contributed by atoms with van der Waals surface area (Å²) < 4.78 is 18.6. The number of methoxy groups -OCH3 is 1. The van der Waals surface area contributed by atoms with Crippen LogP contribution in [0.3, 0.4) is 0 Å². The molecular formula is C10H11BrFO. The minimum atomic E-state index is -0.255. The Kier molecular flexibility index (Phi) is 3.88. The quantitative estimate of drug-likeness (QED) is 0.796. The third kappa shape index (κ3) is 3.08. The molecule has 1 aromatic rings. The standard InChI is InChI=1S/C10H11BrFO/c1-7(6-13-2)8-3-9(11)5-10(12)4-8/h3-5,7H,1,6H2,2H3. The minimum absolute atomic E-state index is 0.0306. The van der Waals surface area contributed by atoms with E-state index in [2.05, 4.69) is 22.9 Å². The molecule has 1 atom stereocenters. The SMILES string of the molecule is [CH2]C(COC)c1cc(F)cc(Br)c1. The molecule has 0 heterocycles. The average Bonchev–Trinajstić information content (AvgIpc) is 2.03. The summed E-state index contributed by atoms with van der Waals surface area (Å²) in [5.74, 6) is -0.286. The van der Waals surface area contributed by atoms with Crippen LogP contribution in [0.4, 0.5) is 4.39 Å². The van der Waals surface area contributed by atoms with E-state index in [0.717, 1.165) is 10.0 Å². The molecule has 0 amide bonds. The van der Waals surface area contributed by atoms with E-state index >= 15 is 0 Å². The van der Waals surface area contributed by atoms with Crippen molar-refractivity contribution in [2.24, 2.45) is 0 Å². The fourth-order valence-corrected chi connectivity index (χ4v) is 1.59. The fourth-order valence-electron chi connectivity index (χ4n) is 1.11. The van der Waals surface area contributed by atoms with Gasteiger partial charge in [-0.1, -0.05) is 15.9 Å². The molecular weight excluding hydrogens is 235 g/mol. The van der Waals surface area contributed by atoms with Crippen molar-refractivity contribution in [3.8, 4) is 0 Å². The lowest BCUT2D eigenvalue weighted by Crippen LogP contribution is -2.02. The zero-order valence-corrected chi connectivity index (χ0v) is 8.97. The highest BCUT2D eigenvalue weighted by atomic mass is 79.9. The van der Waals surface area contributed by atoms with Gasteiger partial charge in [0.1, 0.15) is 5.82 Å². The average molecular weight is 246 g/mol. The molecule has 1 nitrogen and oxygen atoms in total. The maximum absolute atomic E-state index is 12.9. The Bertz CT molecular complexity index is 268. The number of hydrogen-bond acceptors (Lipinski definition) is 1. The Morgan fingerprint density at radius 3 is 2.77 bits per heavy atom. The summed E-state index contributed by atoms with van der Waals surface area (Å²) in [5.41, 5.74) is 0.841. The van der Waals surface area contributed by atoms with E-state index in [9.17, 15) is 4.39 Å². The van der Waals surface area contributed by atoms with E-state index < -0.39 is 0 Å². The van der Waals surface area contributed by atoms with Crippen LogP contribution in [-0.2, 0) is 4.74 Å². The number of benzene rings is 1. The highest BCUT2D eigenvalue weighted by molar-refractivity contribution is 9.10. The lowest BCUT2D eigenvalue weighted by Gasteiger charge is -2.10. The summed E-state index contributed by atoms with van der Waals surface area (Å²) in [5, 5.41) is 0. The van der Waals surface area contributed by atoms with E-state index in [1.54, 1.807) is 7.11 Å². The van der Waals surface area contributed by atoms with Gasteiger partial charge in [0, 0.05) is 17.5 Å². The Balaban J connectivity index is 2.87. The van der Waals surface area contributed by atoms with Gasteiger partial charge >= 0.3 is 0 Å². The molecule has 0 spiro atoms. The predicted molar refractivity (Wildman–Crippen MR) is 54.1 cm³/mol. The Hall–Kier alpha value is -0.410. The first-order chi connectivity index (χ1) is 6.13. The molecule has 1 radical (unpaired) electrons. The van der Waals surface area contributed by atoms with E-state index in [1.807, 2.05) is 6.07 Å². The van der Waals surface area contributed by atoms with Gasteiger partial charge < -0.3 is 4.74 Å². The Labute approximate surface area is 86.0 Å². The van der Waals surface area contributed by atoms with Crippen molar-refractivity contribution < 1.29 is 9.13 Å². The first-order valence-electron chi connectivity index (χ1n) is 3.91. The van der Waals surface area contributed by atoms with E-state index in [-0.39, 0.29) is 11.7 Å². The summed E-state index contributed by atoms with van der Waals surface area (Å²) in [7, 11) is 1.60. The van der Waals surface area contributed by atoms with Gasteiger partial charge in [-0.25, -0.2) is 4.39 Å². The van der Waals surface area contributed by atoms with Crippen LogP contribution >= 0.6 is 15.9 Å². The highest BCUT2D eigenvalue weighted by Gasteiger charge is 2.07. The lowest BCUT2D eigenvalue weighted by molar-refractivity contribution is 0.190. The number of rotatable bonds is 3. The third-order valence-corrected chi connectivity index (χ3v) is 2.18. The van der Waals surface area contributed by atoms with Crippen LogP contribution in [0.2, 0.25) is 0 Å². The predicted octanol–water partition coefficient (Wildman–Crippen LogP) is 3.15. The lowest BCUT2D eigenvalue weighted by atomic mass is 10.0. The van der Waals surface area contributed by atoms with Crippen molar-refractivity contribution in [1.29, 1.82) is 0 Å². The first-order valence-corrected chi connectivity index (χ1v) is 4.71. The summed E-state index contributed by atoms with van der Waals surface area (Å²) >= 11 is 3.22. The third-order valence-electron chi connectivity index (χ3n) is 1.72. The molecule has 13 heavy (non-hydrogen) atoms. The van der Waals surface area contributed by atoms with E-state index in [4.69, 9.17) is 4.74 Å². The molecule has 71 valence electrons. The molecule has 0 fully saturated rings. The molecule has 1 aromatic carbocycles. The topological polar surface area (TPSA) is 9.23 Å². The van der Waals surface area contributed by atoms with Crippen LogP contribution in [0.5, 0.6) is 0 Å². The van der Waals surface area contributed by atoms with Crippen molar-refractivity contribution in [2.75, 3.05) is 13.7 Å². The van der Waals surface area contributed by atoms with Crippen molar-refractivity contribution in [3.63, 3.8) is 0 Å². The van der Waals surface area contributed by atoms with Crippen molar-refractivity contribution >= 4 is 15.9 Å². The summed E-state index contributed by atoms with van der Waals surface area (Å²) in [4.78, 5) is 0. The van der Waals surface area contributed by atoms with Gasteiger partial charge in [0.25, 0.3) is 0 Å². The van der Waals surface area contributed by atoms with Gasteiger partial charge in [-0.15, -0.1) is 0 Å². The molecule has 1 unspecified atom stereocenters. The number of ether oxygens (including phenoxy) is 1. The summed E-state index contributed by atoms with van der Waals surface area (Å²) in [6.07, 6.45) is 0. The second-order valence-corrected chi connectivity index (χ2v) is 3.77. The second-order valence-electron chi connectivity index (χ2n) is 2.86. The highest BCUT2D eigenvalue weighted by Crippen LogP contribution is 2.21. The molecule has 0 bridgehead atoms. The van der Waals surface area contributed by atoms with Crippen LogP contribution in [0, 0.1) is 12.7 Å².